The van der Waals surface area contributed by atoms with Gasteiger partial charge < -0.3 is 5.11 Å². The molecule has 7 heteroatoms. The highest BCUT2D eigenvalue weighted by atomic mass is 19.1. The van der Waals surface area contributed by atoms with E-state index in [-0.39, 0.29) is 22.7 Å². The van der Waals surface area contributed by atoms with Crippen molar-refractivity contribution in [3.05, 3.63) is 77.3 Å². The first kappa shape index (κ1) is 15.3. The van der Waals surface area contributed by atoms with E-state index >= 15 is 0 Å². The summed E-state index contributed by atoms with van der Waals surface area (Å²) in [5.41, 5.74) is 0.663. The molecule has 144 valence electrons. The van der Waals surface area contributed by atoms with Gasteiger partial charge in [-0.2, -0.15) is 9.61 Å². The van der Waals surface area contributed by atoms with E-state index in [0.717, 1.165) is 12.5 Å². The Kier molecular flexibility index (Phi) is 3.57. The molecule has 2 heterocycles. The Balaban J connectivity index is 1.85. The van der Waals surface area contributed by atoms with Gasteiger partial charge in [0.2, 0.25) is 0 Å². The molecule has 0 radical (unpaired) electrons. The number of imidazole rings is 1. The normalized spacial score (nSPS) is 15.2. The van der Waals surface area contributed by atoms with Crippen molar-refractivity contribution in [1.82, 2.24) is 19.6 Å². The Hall–Kier alpha value is -3.63. The standard InChI is InChI=1S/C22H18FN5O/c1-13-8-9-14(10-15(13)20-16(23)6-5-7-17(20)24-4)18-11-25-21-27-19(22(2,3)29)12-26-28(18)21/h5-12,29H,1-3H3/i2D3. The number of hydrogen-bond acceptors (Lipinski definition) is 4. The molecular formula is C22H18FN5O. The van der Waals surface area contributed by atoms with Crippen molar-refractivity contribution in [2.75, 3.05) is 0 Å². The van der Waals surface area contributed by atoms with Gasteiger partial charge in [0.25, 0.3) is 5.78 Å². The minimum Gasteiger partial charge on any atom is -0.384 e. The SMILES string of the molecule is [2H]C([2H])([2H])C(C)(O)c1cnn2c(-c3ccc(C)c(-c4c(F)cccc4[N+]#[C-])c3)cnc2n1. The van der Waals surface area contributed by atoms with Gasteiger partial charge in [0.1, 0.15) is 11.4 Å². The van der Waals surface area contributed by atoms with Crippen molar-refractivity contribution in [1.29, 1.82) is 0 Å². The third-order valence-electron chi connectivity index (χ3n) is 4.65. The first-order chi connectivity index (χ1) is 15.0. The molecule has 2 aromatic carbocycles. The molecule has 0 saturated heterocycles. The first-order valence-corrected chi connectivity index (χ1v) is 8.75. The minimum absolute atomic E-state index is 0.108. The maximum Gasteiger partial charge on any atom is 0.251 e. The number of halogens is 1. The fourth-order valence-corrected chi connectivity index (χ4v) is 3.13. The Bertz CT molecular complexity index is 1390. The van der Waals surface area contributed by atoms with Crippen LogP contribution in [0.3, 0.4) is 0 Å². The largest absolute Gasteiger partial charge is 0.384 e. The van der Waals surface area contributed by atoms with Crippen molar-refractivity contribution < 1.29 is 13.6 Å². The predicted molar refractivity (Wildman–Crippen MR) is 108 cm³/mol. The van der Waals surface area contributed by atoms with E-state index in [2.05, 4.69) is 19.9 Å². The molecule has 4 aromatic rings. The Morgan fingerprint density at radius 3 is 2.86 bits per heavy atom. The third kappa shape index (κ3) is 3.24. The Morgan fingerprint density at radius 1 is 1.28 bits per heavy atom. The molecule has 4 rings (SSSR count). The summed E-state index contributed by atoms with van der Waals surface area (Å²) in [6.45, 7) is 7.67. The molecule has 0 amide bonds. The van der Waals surface area contributed by atoms with Crippen LogP contribution >= 0.6 is 0 Å². The molecule has 1 unspecified atom stereocenters. The van der Waals surface area contributed by atoms with Crippen LogP contribution in [-0.2, 0) is 5.60 Å². The van der Waals surface area contributed by atoms with Crippen LogP contribution in [-0.4, -0.2) is 24.7 Å². The van der Waals surface area contributed by atoms with Gasteiger partial charge in [-0.25, -0.2) is 19.2 Å². The van der Waals surface area contributed by atoms with Crippen LogP contribution in [0.5, 0.6) is 0 Å². The topological polar surface area (TPSA) is 67.7 Å². The Morgan fingerprint density at radius 2 is 2.10 bits per heavy atom. The molecule has 0 fully saturated rings. The lowest BCUT2D eigenvalue weighted by Gasteiger charge is -2.15. The molecule has 0 saturated carbocycles. The summed E-state index contributed by atoms with van der Waals surface area (Å²) in [5, 5.41) is 14.6. The average molecular weight is 390 g/mol. The summed E-state index contributed by atoms with van der Waals surface area (Å²) in [7, 11) is 0. The number of benzene rings is 2. The first-order valence-electron chi connectivity index (χ1n) is 10.3. The number of aromatic nitrogens is 4. The summed E-state index contributed by atoms with van der Waals surface area (Å²) in [6.07, 6.45) is 2.70. The van der Waals surface area contributed by atoms with Crippen molar-refractivity contribution >= 4 is 11.5 Å². The van der Waals surface area contributed by atoms with Gasteiger partial charge in [-0.1, -0.05) is 24.3 Å². The molecule has 2 aromatic heterocycles. The zero-order valence-corrected chi connectivity index (χ0v) is 15.7. The molecule has 0 aliphatic heterocycles. The smallest absolute Gasteiger partial charge is 0.251 e. The molecule has 0 aliphatic carbocycles. The highest BCUT2D eigenvalue weighted by molar-refractivity contribution is 5.83. The second-order valence-electron chi connectivity index (χ2n) is 6.84. The second-order valence-corrected chi connectivity index (χ2v) is 6.84. The number of rotatable bonds is 3. The lowest BCUT2D eigenvalue weighted by Crippen LogP contribution is -2.19. The summed E-state index contributed by atoms with van der Waals surface area (Å²) >= 11 is 0. The fraction of sp³-hybridized carbons (Fsp3) is 0.182. The number of aryl methyl sites for hydroxylation is 1. The van der Waals surface area contributed by atoms with E-state index < -0.39 is 18.3 Å². The quantitative estimate of drug-likeness (QED) is 0.516. The molecule has 0 aliphatic rings. The van der Waals surface area contributed by atoms with Crippen LogP contribution in [0.15, 0.2) is 48.8 Å². The van der Waals surface area contributed by atoms with Gasteiger partial charge in [0.15, 0.2) is 5.69 Å². The maximum atomic E-state index is 14.6. The van der Waals surface area contributed by atoms with Crippen LogP contribution < -0.4 is 0 Å². The van der Waals surface area contributed by atoms with Crippen LogP contribution in [0, 0.1) is 19.3 Å². The molecule has 1 N–H and O–H groups in total. The van der Waals surface area contributed by atoms with Gasteiger partial charge in [0.05, 0.1) is 30.4 Å². The molecular weight excluding hydrogens is 369 g/mol. The van der Waals surface area contributed by atoms with E-state index in [1.165, 1.54) is 29.0 Å². The lowest BCUT2D eigenvalue weighted by atomic mass is 9.95. The van der Waals surface area contributed by atoms with Crippen LogP contribution in [0.4, 0.5) is 10.1 Å². The van der Waals surface area contributed by atoms with Crippen LogP contribution in [0.1, 0.15) is 29.1 Å². The second kappa shape index (κ2) is 6.76. The predicted octanol–water partition coefficient (Wildman–Crippen LogP) is 4.68. The van der Waals surface area contributed by atoms with Crippen molar-refractivity contribution in [3.63, 3.8) is 0 Å². The Labute approximate surface area is 171 Å². The maximum absolute atomic E-state index is 14.6. The van der Waals surface area contributed by atoms with Gasteiger partial charge in [0, 0.05) is 15.2 Å². The molecule has 0 bridgehead atoms. The molecule has 1 atom stereocenters. The summed E-state index contributed by atoms with van der Waals surface area (Å²) in [6, 6.07) is 9.75. The van der Waals surface area contributed by atoms with E-state index in [1.807, 2.05) is 19.1 Å². The number of fused-ring (bicyclic) bond motifs is 1. The van der Waals surface area contributed by atoms with Crippen LogP contribution in [0.2, 0.25) is 0 Å². The zero-order valence-electron chi connectivity index (χ0n) is 18.7. The average Bonchev–Trinajstić information content (AvgIpc) is 3.16. The third-order valence-corrected chi connectivity index (χ3v) is 4.65. The zero-order chi connectivity index (χ0) is 23.3. The number of aliphatic hydroxyl groups is 1. The number of nitrogens with zero attached hydrogens (tertiary/aromatic N) is 5. The van der Waals surface area contributed by atoms with E-state index in [9.17, 15) is 9.50 Å². The minimum atomic E-state index is -2.69. The lowest BCUT2D eigenvalue weighted by molar-refractivity contribution is 0.0734. The van der Waals surface area contributed by atoms with E-state index in [4.69, 9.17) is 10.7 Å². The van der Waals surface area contributed by atoms with Gasteiger partial charge in [-0.3, -0.25) is 0 Å². The highest BCUT2D eigenvalue weighted by Crippen LogP contribution is 2.37. The van der Waals surface area contributed by atoms with E-state index in [1.54, 1.807) is 12.1 Å². The van der Waals surface area contributed by atoms with Gasteiger partial charge in [-0.15, -0.1) is 0 Å². The molecule has 6 nitrogen and oxygen atoms in total. The van der Waals surface area contributed by atoms with Crippen molar-refractivity contribution in [3.8, 4) is 22.4 Å². The molecule has 29 heavy (non-hydrogen) atoms. The highest BCUT2D eigenvalue weighted by Gasteiger charge is 2.21. The van der Waals surface area contributed by atoms with Crippen molar-refractivity contribution in [2.45, 2.75) is 26.3 Å². The van der Waals surface area contributed by atoms with Crippen molar-refractivity contribution in [2.24, 2.45) is 0 Å². The molecule has 0 spiro atoms. The van der Waals surface area contributed by atoms with E-state index in [0.29, 0.717) is 16.8 Å². The van der Waals surface area contributed by atoms with Gasteiger partial charge in [-0.05, 0) is 44.0 Å². The van der Waals surface area contributed by atoms with Crippen LogP contribution in [0.25, 0.3) is 33.0 Å². The summed E-state index contributed by atoms with van der Waals surface area (Å²) < 4.78 is 38.6. The summed E-state index contributed by atoms with van der Waals surface area (Å²) in [5.74, 6) is -0.384. The fourth-order valence-electron chi connectivity index (χ4n) is 3.13. The summed E-state index contributed by atoms with van der Waals surface area (Å²) in [4.78, 5) is 11.8. The van der Waals surface area contributed by atoms with Gasteiger partial charge >= 0.3 is 0 Å². The monoisotopic (exact) mass is 390 g/mol. The number of hydrogen-bond donors (Lipinski definition) is 1.